The molecule has 1 aromatic carbocycles. The highest BCUT2D eigenvalue weighted by Crippen LogP contribution is 2.18. The summed E-state index contributed by atoms with van der Waals surface area (Å²) in [6.45, 7) is 4.05. The van der Waals surface area contributed by atoms with Crippen LogP contribution in [-0.4, -0.2) is 41.5 Å². The first-order valence-corrected chi connectivity index (χ1v) is 10.2. The lowest BCUT2D eigenvalue weighted by Crippen LogP contribution is -2.40. The second kappa shape index (κ2) is 11.9. The third-order valence-electron chi connectivity index (χ3n) is 5.34. The Hall–Kier alpha value is -2.07. The number of benzene rings is 1. The van der Waals surface area contributed by atoms with E-state index >= 15 is 0 Å². The van der Waals surface area contributed by atoms with Crippen LogP contribution in [0.4, 0.5) is 0 Å². The lowest BCUT2D eigenvalue weighted by atomic mass is 9.97. The molecule has 1 unspecified atom stereocenters. The maximum absolute atomic E-state index is 11.5. The summed E-state index contributed by atoms with van der Waals surface area (Å²) in [7, 11) is 3.80. The van der Waals surface area contributed by atoms with E-state index in [0.717, 1.165) is 45.0 Å². The second-order valence-corrected chi connectivity index (χ2v) is 7.76. The van der Waals surface area contributed by atoms with Gasteiger partial charge in [0, 0.05) is 52.7 Å². The largest absolute Gasteiger partial charge is 0.369 e. The number of carbonyl (C=O) groups is 1. The van der Waals surface area contributed by atoms with Gasteiger partial charge in [0.15, 0.2) is 5.96 Å². The third-order valence-corrected chi connectivity index (χ3v) is 5.34. The minimum Gasteiger partial charge on any atom is -0.369 e. The number of primary amides is 1. The number of aryl methyl sites for hydroxylation is 1. The van der Waals surface area contributed by atoms with Gasteiger partial charge in [-0.2, -0.15) is 0 Å². The first-order chi connectivity index (χ1) is 14.0. The van der Waals surface area contributed by atoms with Crippen LogP contribution in [0.3, 0.4) is 0 Å². The molecule has 30 heavy (non-hydrogen) atoms. The molecular weight excluding hydrogens is 491 g/mol. The molecule has 0 bridgehead atoms. The highest BCUT2D eigenvalue weighted by molar-refractivity contribution is 14.0. The Bertz CT molecular complexity index is 850. The molecule has 0 radical (unpaired) electrons. The van der Waals surface area contributed by atoms with Crippen molar-refractivity contribution in [2.45, 2.75) is 32.5 Å². The normalized spacial score (nSPS) is 17.3. The number of nitrogens with one attached hydrogen (secondary N) is 2. The minimum atomic E-state index is -0.179. The third kappa shape index (κ3) is 7.32. The highest BCUT2D eigenvalue weighted by atomic mass is 127. The average molecular weight is 524 g/mol. The Morgan fingerprint density at radius 2 is 1.93 bits per heavy atom. The molecule has 1 aliphatic heterocycles. The number of aliphatic imine (C=N–C) groups is 1. The Balaban J connectivity index is 0.00000320. The van der Waals surface area contributed by atoms with Crippen molar-refractivity contribution in [3.63, 3.8) is 0 Å². The predicted octanol–water partition coefficient (Wildman–Crippen LogP) is 2.21. The van der Waals surface area contributed by atoms with Crippen molar-refractivity contribution in [1.29, 1.82) is 0 Å². The number of carbonyl (C=O) groups excluding carboxylic acids is 1. The van der Waals surface area contributed by atoms with Crippen molar-refractivity contribution in [2.75, 3.05) is 20.1 Å². The number of piperidine rings is 1. The zero-order valence-electron chi connectivity index (χ0n) is 17.8. The van der Waals surface area contributed by atoms with E-state index in [1.54, 1.807) is 7.05 Å². The van der Waals surface area contributed by atoms with Gasteiger partial charge in [-0.15, -0.1) is 24.0 Å². The monoisotopic (exact) mass is 524 g/mol. The maximum Gasteiger partial charge on any atom is 0.221 e. The molecular formula is C22H33IN6O. The van der Waals surface area contributed by atoms with E-state index in [1.165, 1.54) is 16.7 Å². The summed E-state index contributed by atoms with van der Waals surface area (Å²) in [5.74, 6) is 0.578. The Morgan fingerprint density at radius 3 is 2.60 bits per heavy atom. The van der Waals surface area contributed by atoms with Gasteiger partial charge >= 0.3 is 0 Å². The number of nitrogens with two attached hydrogens (primary N) is 1. The smallest absolute Gasteiger partial charge is 0.221 e. The maximum atomic E-state index is 11.5. The zero-order valence-corrected chi connectivity index (χ0v) is 20.1. The summed E-state index contributed by atoms with van der Waals surface area (Å²) < 4.78 is 2.03. The molecule has 1 amide bonds. The fraction of sp³-hybridized carbons (Fsp3) is 0.455. The number of rotatable bonds is 7. The number of nitrogens with zero attached hydrogens (tertiary/aromatic N) is 3. The molecule has 8 heteroatoms. The summed E-state index contributed by atoms with van der Waals surface area (Å²) in [6.07, 6.45) is 6.06. The van der Waals surface area contributed by atoms with Crippen molar-refractivity contribution in [3.8, 4) is 0 Å². The van der Waals surface area contributed by atoms with Crippen LogP contribution >= 0.6 is 24.0 Å². The zero-order chi connectivity index (χ0) is 20.6. The van der Waals surface area contributed by atoms with Crippen molar-refractivity contribution in [2.24, 2.45) is 23.7 Å². The van der Waals surface area contributed by atoms with Crippen molar-refractivity contribution >= 4 is 35.8 Å². The SMILES string of the molecule is CN=C(NCc1cccc(CN2CCCC(C(N)=O)C2)c1)NCc1ccn(C)c1.I. The van der Waals surface area contributed by atoms with Crippen LogP contribution in [0.5, 0.6) is 0 Å². The summed E-state index contributed by atoms with van der Waals surface area (Å²) in [6, 6.07) is 10.6. The lowest BCUT2D eigenvalue weighted by Gasteiger charge is -2.31. The van der Waals surface area contributed by atoms with E-state index in [0.29, 0.717) is 6.54 Å². The van der Waals surface area contributed by atoms with Gasteiger partial charge in [-0.3, -0.25) is 14.7 Å². The number of likely N-dealkylation sites (tertiary alicyclic amines) is 1. The molecule has 2 aromatic rings. The number of guanidine groups is 1. The molecule has 0 aliphatic carbocycles. The van der Waals surface area contributed by atoms with Crippen molar-refractivity contribution in [3.05, 3.63) is 59.4 Å². The van der Waals surface area contributed by atoms with E-state index in [9.17, 15) is 4.79 Å². The van der Waals surface area contributed by atoms with Crippen molar-refractivity contribution < 1.29 is 4.79 Å². The lowest BCUT2D eigenvalue weighted by molar-refractivity contribution is -0.123. The fourth-order valence-electron chi connectivity index (χ4n) is 3.79. The molecule has 1 aliphatic rings. The number of hydrogen-bond acceptors (Lipinski definition) is 3. The number of halogens is 1. The van der Waals surface area contributed by atoms with Gasteiger partial charge in [-0.25, -0.2) is 0 Å². The molecule has 0 spiro atoms. The Morgan fingerprint density at radius 1 is 1.20 bits per heavy atom. The second-order valence-electron chi connectivity index (χ2n) is 7.76. The molecule has 1 atom stereocenters. The Kier molecular flexibility index (Phi) is 9.64. The topological polar surface area (TPSA) is 87.7 Å². The molecule has 0 saturated carbocycles. The van der Waals surface area contributed by atoms with Gasteiger partial charge in [0.25, 0.3) is 0 Å². The van der Waals surface area contributed by atoms with Crippen LogP contribution < -0.4 is 16.4 Å². The molecule has 1 fully saturated rings. The van der Waals surface area contributed by atoms with Gasteiger partial charge in [0.05, 0.1) is 5.92 Å². The molecule has 164 valence electrons. The quantitative estimate of drug-likeness (QED) is 0.295. The van der Waals surface area contributed by atoms with Gasteiger partial charge in [0.2, 0.25) is 5.91 Å². The van der Waals surface area contributed by atoms with Crippen LogP contribution in [0.2, 0.25) is 0 Å². The van der Waals surface area contributed by atoms with Crippen LogP contribution in [0, 0.1) is 5.92 Å². The van der Waals surface area contributed by atoms with Gasteiger partial charge in [-0.05, 0) is 42.1 Å². The first-order valence-electron chi connectivity index (χ1n) is 10.2. The summed E-state index contributed by atoms with van der Waals surface area (Å²) in [4.78, 5) is 18.1. The van der Waals surface area contributed by atoms with E-state index in [1.807, 2.05) is 17.8 Å². The minimum absolute atomic E-state index is 0. The summed E-state index contributed by atoms with van der Waals surface area (Å²) >= 11 is 0. The first kappa shape index (κ1) is 24.2. The van der Waals surface area contributed by atoms with Crippen molar-refractivity contribution in [1.82, 2.24) is 20.1 Å². The van der Waals surface area contributed by atoms with Crippen LogP contribution in [0.1, 0.15) is 29.5 Å². The van der Waals surface area contributed by atoms with E-state index in [-0.39, 0.29) is 35.8 Å². The summed E-state index contributed by atoms with van der Waals surface area (Å²) in [5, 5.41) is 6.71. The standard InChI is InChI=1S/C22H32N6O.HI/c1-24-22(26-13-19-8-10-27(2)14-19)25-12-17-5-3-6-18(11-17)15-28-9-4-7-20(16-28)21(23)29;/h3,5-6,8,10-11,14,20H,4,7,9,12-13,15-16H2,1-2H3,(H2,23,29)(H2,24,25,26);1H. The molecule has 7 nitrogen and oxygen atoms in total. The van der Waals surface area contributed by atoms with Gasteiger partial charge in [-0.1, -0.05) is 24.3 Å². The number of aromatic nitrogens is 1. The van der Waals surface area contributed by atoms with Crippen LogP contribution in [0.15, 0.2) is 47.7 Å². The van der Waals surface area contributed by atoms with Crippen LogP contribution in [-0.2, 0) is 31.5 Å². The predicted molar refractivity (Wildman–Crippen MR) is 132 cm³/mol. The van der Waals surface area contributed by atoms with Gasteiger partial charge in [0.1, 0.15) is 0 Å². The number of amides is 1. The molecule has 1 aromatic heterocycles. The Labute approximate surface area is 196 Å². The molecule has 4 N–H and O–H groups in total. The fourth-order valence-corrected chi connectivity index (χ4v) is 3.79. The average Bonchev–Trinajstić information content (AvgIpc) is 3.14. The highest BCUT2D eigenvalue weighted by Gasteiger charge is 2.23. The van der Waals surface area contributed by atoms with E-state index < -0.39 is 0 Å². The van der Waals surface area contributed by atoms with E-state index in [2.05, 4.69) is 57.1 Å². The molecule has 1 saturated heterocycles. The van der Waals surface area contributed by atoms with Crippen LogP contribution in [0.25, 0.3) is 0 Å². The van der Waals surface area contributed by atoms with E-state index in [4.69, 9.17) is 5.73 Å². The summed E-state index contributed by atoms with van der Waals surface area (Å²) in [5.41, 5.74) is 9.17. The number of hydrogen-bond donors (Lipinski definition) is 3. The van der Waals surface area contributed by atoms with Gasteiger partial charge < -0.3 is 20.9 Å². The molecule has 3 rings (SSSR count). The molecule has 2 heterocycles.